The Morgan fingerprint density at radius 2 is 1.68 bits per heavy atom. The van der Waals surface area contributed by atoms with E-state index in [9.17, 15) is 9.59 Å². The van der Waals surface area contributed by atoms with Crippen LogP contribution in [0, 0.1) is 12.8 Å². The summed E-state index contributed by atoms with van der Waals surface area (Å²) >= 11 is 1.86. The van der Waals surface area contributed by atoms with Gasteiger partial charge in [-0.1, -0.05) is 37.1 Å². The molecule has 0 bridgehead atoms. The van der Waals surface area contributed by atoms with E-state index in [-0.39, 0.29) is 17.9 Å². The van der Waals surface area contributed by atoms with Gasteiger partial charge in [0, 0.05) is 56.5 Å². The first-order valence-electron chi connectivity index (χ1n) is 13.0. The van der Waals surface area contributed by atoms with Crippen molar-refractivity contribution >= 4 is 23.2 Å². The first-order valence-corrected chi connectivity index (χ1v) is 13.9. The van der Waals surface area contributed by atoms with Gasteiger partial charge in [0.2, 0.25) is 11.8 Å². The molecule has 1 aromatic carbocycles. The summed E-state index contributed by atoms with van der Waals surface area (Å²) in [5.74, 6) is 0.782. The zero-order valence-corrected chi connectivity index (χ0v) is 21.2. The Kier molecular flexibility index (Phi) is 7.35. The predicted octanol–water partition coefficient (Wildman–Crippen LogP) is 4.65. The van der Waals surface area contributed by atoms with Crippen LogP contribution in [0.15, 0.2) is 35.7 Å². The lowest BCUT2D eigenvalue weighted by atomic mass is 9.90. The Morgan fingerprint density at radius 1 is 0.912 bits per heavy atom. The molecule has 182 valence electrons. The highest BCUT2D eigenvalue weighted by atomic mass is 32.1. The van der Waals surface area contributed by atoms with Crippen LogP contribution in [0.2, 0.25) is 0 Å². The van der Waals surface area contributed by atoms with E-state index in [0.29, 0.717) is 25.4 Å². The number of carbonyl (C=O) groups is 2. The summed E-state index contributed by atoms with van der Waals surface area (Å²) in [6.07, 6.45) is 6.94. The van der Waals surface area contributed by atoms with E-state index in [4.69, 9.17) is 0 Å². The molecule has 2 aliphatic heterocycles. The first-order chi connectivity index (χ1) is 16.6. The van der Waals surface area contributed by atoms with Crippen LogP contribution in [-0.4, -0.2) is 65.8 Å². The van der Waals surface area contributed by atoms with Crippen molar-refractivity contribution in [3.63, 3.8) is 0 Å². The van der Waals surface area contributed by atoms with Crippen molar-refractivity contribution < 1.29 is 9.59 Å². The van der Waals surface area contributed by atoms with Crippen molar-refractivity contribution in [2.45, 2.75) is 57.9 Å². The maximum atomic E-state index is 13.2. The van der Waals surface area contributed by atoms with Crippen molar-refractivity contribution in [2.24, 2.45) is 5.92 Å². The molecule has 2 aromatic rings. The van der Waals surface area contributed by atoms with E-state index in [0.717, 1.165) is 51.9 Å². The van der Waals surface area contributed by atoms with Crippen molar-refractivity contribution in [1.82, 2.24) is 14.7 Å². The molecule has 5 rings (SSSR count). The molecule has 2 amide bonds. The molecule has 1 aliphatic carbocycles. The van der Waals surface area contributed by atoms with E-state index < -0.39 is 0 Å². The van der Waals surface area contributed by atoms with Gasteiger partial charge >= 0.3 is 0 Å². The fraction of sp³-hybridized carbons (Fsp3) is 0.571. The normalized spacial score (nSPS) is 22.0. The van der Waals surface area contributed by atoms with E-state index >= 15 is 0 Å². The van der Waals surface area contributed by atoms with Crippen molar-refractivity contribution in [2.75, 3.05) is 39.3 Å². The van der Waals surface area contributed by atoms with Gasteiger partial charge in [0.15, 0.2) is 0 Å². The van der Waals surface area contributed by atoms with Gasteiger partial charge in [-0.15, -0.1) is 11.3 Å². The molecule has 0 radical (unpaired) electrons. The van der Waals surface area contributed by atoms with Crippen molar-refractivity contribution in [3.05, 3.63) is 57.3 Å². The van der Waals surface area contributed by atoms with Gasteiger partial charge in [-0.05, 0) is 60.7 Å². The molecule has 1 saturated heterocycles. The van der Waals surface area contributed by atoms with Crippen LogP contribution in [0.4, 0.5) is 0 Å². The molecule has 34 heavy (non-hydrogen) atoms. The van der Waals surface area contributed by atoms with Crippen LogP contribution in [0.5, 0.6) is 0 Å². The van der Waals surface area contributed by atoms with Gasteiger partial charge in [-0.2, -0.15) is 0 Å². The smallest absolute Gasteiger partial charge is 0.225 e. The SMILES string of the molecule is Cc1ccccc1C1c2ccsc2CCN1CCC(=O)N1CCCN(C(=O)C2CCCC2)CC1. The second-order valence-electron chi connectivity index (χ2n) is 10.1. The van der Waals surface area contributed by atoms with Crippen LogP contribution in [-0.2, 0) is 16.0 Å². The lowest BCUT2D eigenvalue weighted by molar-refractivity contribution is -0.136. The molecule has 2 fully saturated rings. The molecule has 3 heterocycles. The standard InChI is InChI=1S/C28H37N3O2S/c1-21-7-2-5-10-23(21)27-24-13-20-34-25(24)11-16-30(27)17-12-26(32)29-14-6-15-31(19-18-29)28(33)22-8-3-4-9-22/h2,5,7,10,13,20,22,27H,3-4,6,8-9,11-12,14-19H2,1H3. The van der Waals surface area contributed by atoms with E-state index in [1.165, 1.54) is 34.4 Å². The second kappa shape index (κ2) is 10.6. The third-order valence-corrected chi connectivity index (χ3v) is 9.02. The van der Waals surface area contributed by atoms with Gasteiger partial charge in [0.1, 0.15) is 0 Å². The number of hydrogen-bond donors (Lipinski definition) is 0. The minimum absolute atomic E-state index is 0.224. The minimum Gasteiger partial charge on any atom is -0.341 e. The van der Waals surface area contributed by atoms with Gasteiger partial charge < -0.3 is 9.80 Å². The average molecular weight is 480 g/mol. The topological polar surface area (TPSA) is 43.9 Å². The number of benzene rings is 1. The Bertz CT molecular complexity index is 1010. The zero-order chi connectivity index (χ0) is 23.5. The Morgan fingerprint density at radius 3 is 2.50 bits per heavy atom. The molecule has 0 N–H and O–H groups in total. The summed E-state index contributed by atoms with van der Waals surface area (Å²) in [7, 11) is 0. The molecule has 1 saturated carbocycles. The van der Waals surface area contributed by atoms with Gasteiger partial charge in [0.25, 0.3) is 0 Å². The highest BCUT2D eigenvalue weighted by Crippen LogP contribution is 2.39. The summed E-state index contributed by atoms with van der Waals surface area (Å²) in [6, 6.07) is 11.2. The van der Waals surface area contributed by atoms with Crippen LogP contribution in [0.25, 0.3) is 0 Å². The molecule has 6 heteroatoms. The largest absolute Gasteiger partial charge is 0.341 e. The number of hydrogen-bond acceptors (Lipinski definition) is 4. The third kappa shape index (κ3) is 4.94. The predicted molar refractivity (Wildman–Crippen MR) is 137 cm³/mol. The third-order valence-electron chi connectivity index (χ3n) is 8.03. The first kappa shape index (κ1) is 23.6. The summed E-state index contributed by atoms with van der Waals surface area (Å²) in [5, 5.41) is 2.21. The molecule has 1 unspecified atom stereocenters. The molecule has 5 nitrogen and oxygen atoms in total. The average Bonchev–Trinajstić information content (AvgIpc) is 3.50. The van der Waals surface area contributed by atoms with E-state index in [1.54, 1.807) is 0 Å². The van der Waals surface area contributed by atoms with Crippen LogP contribution < -0.4 is 0 Å². The van der Waals surface area contributed by atoms with Crippen LogP contribution in [0.1, 0.15) is 66.1 Å². The molecule has 1 atom stereocenters. The summed E-state index contributed by atoms with van der Waals surface area (Å²) in [6.45, 7) is 6.87. The van der Waals surface area contributed by atoms with E-state index in [1.807, 2.05) is 21.1 Å². The maximum Gasteiger partial charge on any atom is 0.225 e. The lowest BCUT2D eigenvalue weighted by Gasteiger charge is -2.37. The minimum atomic E-state index is 0.224. The molecule has 3 aliphatic rings. The monoisotopic (exact) mass is 479 g/mol. The summed E-state index contributed by atoms with van der Waals surface area (Å²) in [5.41, 5.74) is 4.07. The molecular formula is C28H37N3O2S. The van der Waals surface area contributed by atoms with Crippen molar-refractivity contribution in [3.8, 4) is 0 Å². The maximum absolute atomic E-state index is 13.2. The van der Waals surface area contributed by atoms with Crippen LogP contribution >= 0.6 is 11.3 Å². The quantitative estimate of drug-likeness (QED) is 0.627. The fourth-order valence-corrected chi connectivity index (χ4v) is 6.99. The Labute approximate surface area is 207 Å². The number of rotatable bonds is 5. The zero-order valence-electron chi connectivity index (χ0n) is 20.4. The number of aryl methyl sites for hydroxylation is 1. The number of carbonyl (C=O) groups excluding carboxylic acids is 2. The summed E-state index contributed by atoms with van der Waals surface area (Å²) in [4.78, 5) is 34.1. The van der Waals surface area contributed by atoms with Crippen LogP contribution in [0.3, 0.4) is 0 Å². The number of fused-ring (bicyclic) bond motifs is 1. The number of nitrogens with zero attached hydrogens (tertiary/aromatic N) is 3. The van der Waals surface area contributed by atoms with Gasteiger partial charge in [-0.25, -0.2) is 0 Å². The highest BCUT2D eigenvalue weighted by molar-refractivity contribution is 7.10. The second-order valence-corrected chi connectivity index (χ2v) is 11.1. The highest BCUT2D eigenvalue weighted by Gasteiger charge is 2.32. The molecule has 1 aromatic heterocycles. The summed E-state index contributed by atoms with van der Waals surface area (Å²) < 4.78 is 0. The lowest BCUT2D eigenvalue weighted by Crippen LogP contribution is -2.41. The van der Waals surface area contributed by atoms with Gasteiger partial charge in [0.05, 0.1) is 6.04 Å². The Balaban J connectivity index is 1.21. The van der Waals surface area contributed by atoms with Gasteiger partial charge in [-0.3, -0.25) is 14.5 Å². The Hall–Kier alpha value is -2.18. The number of amides is 2. The molecular weight excluding hydrogens is 442 g/mol. The fourth-order valence-electron chi connectivity index (χ4n) is 6.08. The number of thiophene rings is 1. The molecule has 0 spiro atoms. The van der Waals surface area contributed by atoms with Crippen molar-refractivity contribution in [1.29, 1.82) is 0 Å². The van der Waals surface area contributed by atoms with E-state index in [2.05, 4.69) is 47.5 Å².